The third kappa shape index (κ3) is 3.76. The maximum absolute atomic E-state index is 6.19. The van der Waals surface area contributed by atoms with Crippen molar-refractivity contribution in [1.82, 2.24) is 5.43 Å². The molecule has 1 aromatic rings. The van der Waals surface area contributed by atoms with E-state index < -0.39 is 0 Å². The summed E-state index contributed by atoms with van der Waals surface area (Å²) in [5, 5.41) is 0.764. The first-order valence-corrected chi connectivity index (χ1v) is 5.78. The van der Waals surface area contributed by atoms with Gasteiger partial charge in [-0.15, -0.1) is 0 Å². The van der Waals surface area contributed by atoms with E-state index in [0.29, 0.717) is 0 Å². The van der Waals surface area contributed by atoms with Gasteiger partial charge in [-0.2, -0.15) is 0 Å². The lowest BCUT2D eigenvalue weighted by Crippen LogP contribution is -2.28. The average Bonchev–Trinajstić information content (AvgIpc) is 2.26. The summed E-state index contributed by atoms with van der Waals surface area (Å²) in [6, 6.07) is 6.11. The largest absolute Gasteiger partial charge is 0.385 e. The molecule has 0 spiro atoms. The van der Waals surface area contributed by atoms with E-state index in [2.05, 4.69) is 5.43 Å². The second-order valence-electron chi connectivity index (χ2n) is 3.88. The number of nitrogens with two attached hydrogens (primary N) is 1. The molecule has 1 unspecified atom stereocenters. The minimum atomic E-state index is 0.0863. The van der Waals surface area contributed by atoms with Crippen molar-refractivity contribution < 1.29 is 4.74 Å². The van der Waals surface area contributed by atoms with Crippen molar-refractivity contribution in [2.45, 2.75) is 25.8 Å². The minimum Gasteiger partial charge on any atom is -0.385 e. The Hall–Kier alpha value is -0.610. The van der Waals surface area contributed by atoms with Gasteiger partial charge >= 0.3 is 0 Å². The topological polar surface area (TPSA) is 47.3 Å². The van der Waals surface area contributed by atoms with Crippen LogP contribution >= 0.6 is 11.6 Å². The number of nitrogens with one attached hydrogen (secondary N) is 1. The first-order valence-electron chi connectivity index (χ1n) is 5.40. The zero-order chi connectivity index (χ0) is 12.0. The van der Waals surface area contributed by atoms with Crippen LogP contribution in [0.2, 0.25) is 5.02 Å². The van der Waals surface area contributed by atoms with Crippen molar-refractivity contribution in [1.29, 1.82) is 0 Å². The Labute approximate surface area is 102 Å². The summed E-state index contributed by atoms with van der Waals surface area (Å²) in [5.41, 5.74) is 5.00. The van der Waals surface area contributed by atoms with Crippen molar-refractivity contribution in [3.63, 3.8) is 0 Å². The van der Waals surface area contributed by atoms with E-state index in [-0.39, 0.29) is 6.04 Å². The van der Waals surface area contributed by atoms with Gasteiger partial charge in [-0.3, -0.25) is 11.3 Å². The number of ether oxygens (including phenoxy) is 1. The molecule has 0 aliphatic heterocycles. The second-order valence-corrected chi connectivity index (χ2v) is 4.29. The zero-order valence-electron chi connectivity index (χ0n) is 9.79. The van der Waals surface area contributed by atoms with Gasteiger partial charge < -0.3 is 4.74 Å². The number of hydrogen-bond donors (Lipinski definition) is 2. The molecule has 0 saturated heterocycles. The van der Waals surface area contributed by atoms with Gasteiger partial charge in [-0.05, 0) is 37.0 Å². The van der Waals surface area contributed by atoms with E-state index in [1.165, 1.54) is 0 Å². The Morgan fingerprint density at radius 2 is 2.25 bits per heavy atom. The quantitative estimate of drug-likeness (QED) is 0.458. The van der Waals surface area contributed by atoms with Crippen LogP contribution in [0.25, 0.3) is 0 Å². The number of hydrogen-bond acceptors (Lipinski definition) is 3. The van der Waals surface area contributed by atoms with Crippen molar-refractivity contribution in [2.24, 2.45) is 5.84 Å². The van der Waals surface area contributed by atoms with Crippen LogP contribution in [0.3, 0.4) is 0 Å². The average molecular weight is 243 g/mol. The Morgan fingerprint density at radius 1 is 1.50 bits per heavy atom. The molecule has 0 aliphatic rings. The molecule has 90 valence electrons. The number of hydrazine groups is 1. The fourth-order valence-electron chi connectivity index (χ4n) is 1.68. The molecular formula is C12H19ClN2O. The molecule has 0 aliphatic carbocycles. The Kier molecular flexibility index (Phi) is 5.77. The van der Waals surface area contributed by atoms with Crippen molar-refractivity contribution >= 4 is 11.6 Å². The SMILES string of the molecule is COCCCC(NN)c1ccc(C)cc1Cl. The highest BCUT2D eigenvalue weighted by atomic mass is 35.5. The van der Waals surface area contributed by atoms with Crippen molar-refractivity contribution in [3.05, 3.63) is 34.3 Å². The molecule has 16 heavy (non-hydrogen) atoms. The van der Waals surface area contributed by atoms with Gasteiger partial charge in [-0.25, -0.2) is 0 Å². The van der Waals surface area contributed by atoms with E-state index in [4.69, 9.17) is 22.2 Å². The summed E-state index contributed by atoms with van der Waals surface area (Å²) in [7, 11) is 1.70. The molecule has 0 bridgehead atoms. The third-order valence-electron chi connectivity index (χ3n) is 2.57. The van der Waals surface area contributed by atoms with Crippen LogP contribution in [0.5, 0.6) is 0 Å². The summed E-state index contributed by atoms with van der Waals surface area (Å²) in [6.45, 7) is 2.76. The monoisotopic (exact) mass is 242 g/mol. The van der Waals surface area contributed by atoms with Gasteiger partial charge in [0.05, 0.1) is 0 Å². The molecule has 4 heteroatoms. The maximum atomic E-state index is 6.19. The van der Waals surface area contributed by atoms with Crippen LogP contribution in [0, 0.1) is 6.92 Å². The number of rotatable bonds is 6. The second kappa shape index (κ2) is 6.86. The van der Waals surface area contributed by atoms with Crippen LogP contribution < -0.4 is 11.3 Å². The van der Waals surface area contributed by atoms with Gasteiger partial charge in [0, 0.05) is 24.8 Å². The molecule has 0 amide bonds. The summed E-state index contributed by atoms with van der Waals surface area (Å²) in [4.78, 5) is 0. The van der Waals surface area contributed by atoms with Gasteiger partial charge in [0.1, 0.15) is 0 Å². The fraction of sp³-hybridized carbons (Fsp3) is 0.500. The first-order chi connectivity index (χ1) is 7.69. The van der Waals surface area contributed by atoms with E-state index in [0.717, 1.165) is 35.6 Å². The minimum absolute atomic E-state index is 0.0863. The standard InChI is InChI=1S/C12H19ClN2O/c1-9-5-6-10(11(13)8-9)12(15-14)4-3-7-16-2/h5-6,8,12,15H,3-4,7,14H2,1-2H3. The van der Waals surface area contributed by atoms with Gasteiger partial charge in [-0.1, -0.05) is 23.7 Å². The molecule has 0 radical (unpaired) electrons. The van der Waals surface area contributed by atoms with Crippen molar-refractivity contribution in [3.8, 4) is 0 Å². The number of aryl methyl sites for hydroxylation is 1. The summed E-state index contributed by atoms with van der Waals surface area (Å²) >= 11 is 6.19. The predicted molar refractivity (Wildman–Crippen MR) is 67.4 cm³/mol. The number of methoxy groups -OCH3 is 1. The lowest BCUT2D eigenvalue weighted by atomic mass is 10.0. The van der Waals surface area contributed by atoms with Crippen LogP contribution in [-0.2, 0) is 4.74 Å². The third-order valence-corrected chi connectivity index (χ3v) is 2.90. The summed E-state index contributed by atoms with van der Waals surface area (Å²) in [5.74, 6) is 5.54. The van der Waals surface area contributed by atoms with Crippen LogP contribution in [-0.4, -0.2) is 13.7 Å². The molecule has 1 rings (SSSR count). The molecule has 0 aromatic heterocycles. The van der Waals surface area contributed by atoms with E-state index in [1.807, 2.05) is 25.1 Å². The van der Waals surface area contributed by atoms with E-state index in [1.54, 1.807) is 7.11 Å². The maximum Gasteiger partial charge on any atom is 0.0475 e. The van der Waals surface area contributed by atoms with Crippen LogP contribution in [0.1, 0.15) is 30.0 Å². The predicted octanol–water partition coefficient (Wildman–Crippen LogP) is 2.58. The fourth-order valence-corrected chi connectivity index (χ4v) is 2.04. The molecule has 3 N–H and O–H groups in total. The summed E-state index contributed by atoms with van der Waals surface area (Å²) < 4.78 is 5.02. The Balaban J connectivity index is 2.70. The highest BCUT2D eigenvalue weighted by molar-refractivity contribution is 6.31. The van der Waals surface area contributed by atoms with Crippen LogP contribution in [0.4, 0.5) is 0 Å². The van der Waals surface area contributed by atoms with Gasteiger partial charge in [0.25, 0.3) is 0 Å². The van der Waals surface area contributed by atoms with Gasteiger partial charge in [0.2, 0.25) is 0 Å². The highest BCUT2D eigenvalue weighted by Gasteiger charge is 2.12. The summed E-state index contributed by atoms with van der Waals surface area (Å²) in [6.07, 6.45) is 1.86. The number of benzene rings is 1. The van der Waals surface area contributed by atoms with E-state index in [9.17, 15) is 0 Å². The van der Waals surface area contributed by atoms with E-state index >= 15 is 0 Å². The molecular weight excluding hydrogens is 224 g/mol. The normalized spacial score (nSPS) is 12.8. The molecule has 1 aromatic carbocycles. The molecule has 1 atom stereocenters. The van der Waals surface area contributed by atoms with Crippen LogP contribution in [0.15, 0.2) is 18.2 Å². The lowest BCUT2D eigenvalue weighted by Gasteiger charge is -2.17. The highest BCUT2D eigenvalue weighted by Crippen LogP contribution is 2.26. The Bertz CT molecular complexity index is 331. The molecule has 3 nitrogen and oxygen atoms in total. The lowest BCUT2D eigenvalue weighted by molar-refractivity contribution is 0.189. The smallest absolute Gasteiger partial charge is 0.0475 e. The number of halogens is 1. The van der Waals surface area contributed by atoms with Gasteiger partial charge in [0.15, 0.2) is 0 Å². The molecule has 0 fully saturated rings. The molecule has 0 heterocycles. The Morgan fingerprint density at radius 3 is 2.81 bits per heavy atom. The van der Waals surface area contributed by atoms with Crippen molar-refractivity contribution in [2.75, 3.05) is 13.7 Å². The first kappa shape index (κ1) is 13.5. The molecule has 0 saturated carbocycles. The zero-order valence-corrected chi connectivity index (χ0v) is 10.6.